The first kappa shape index (κ1) is 153. The van der Waals surface area contributed by atoms with Crippen LogP contribution in [0.2, 0.25) is 0 Å². The Kier molecular flexibility index (Phi) is 1540. The van der Waals surface area contributed by atoms with Crippen LogP contribution >= 0.6 is 0 Å². The molecule has 0 aromatic rings. The van der Waals surface area contributed by atoms with Gasteiger partial charge in [0, 0.05) is 17.1 Å². The number of hydrogen-bond donors (Lipinski definition) is 0. The second-order valence-corrected chi connectivity index (χ2v) is 0.224. The quantitative estimate of drug-likeness (QED) is 0.223. The molecule has 11 heteroatoms. The molecule has 0 aromatic heterocycles. The summed E-state index contributed by atoms with van der Waals surface area (Å²) < 4.78 is 0. The summed E-state index contributed by atoms with van der Waals surface area (Å²) in [6, 6.07) is 0. The van der Waals surface area contributed by atoms with Gasteiger partial charge in [-0.15, -0.1) is 0 Å². The third-order valence-electron chi connectivity index (χ3n) is 0. The van der Waals surface area contributed by atoms with Gasteiger partial charge in [0.15, 0.2) is 0 Å². The number of nitrogens with zero attached hydrogens (tertiary/aromatic N) is 1. The van der Waals surface area contributed by atoms with Crippen LogP contribution in [0.25, 0.3) is 0 Å². The summed E-state index contributed by atoms with van der Waals surface area (Å²) in [5.41, 5.74) is 0. The van der Waals surface area contributed by atoms with Crippen molar-refractivity contribution in [2.75, 3.05) is 0 Å². The molecule has 11 heavy (non-hydrogen) atoms. The molecular weight excluding hydrogens is 214 g/mol. The minimum absolute atomic E-state index is 0. The van der Waals surface area contributed by atoms with E-state index in [4.69, 9.17) is 15.3 Å². The van der Waals surface area contributed by atoms with Crippen molar-refractivity contribution in [1.29, 1.82) is 0 Å². The van der Waals surface area contributed by atoms with E-state index >= 15 is 0 Å². The SMILES string of the molecule is O.O.O.O.O.O.O=[N+]([O-])[O-].[Fe]. The van der Waals surface area contributed by atoms with E-state index in [0.717, 1.165) is 0 Å². The fraction of sp³-hybridized carbons (Fsp3) is 0. The second-order valence-electron chi connectivity index (χ2n) is 0.224. The summed E-state index contributed by atoms with van der Waals surface area (Å²) in [5, 5.41) is 14.8. The zero-order chi connectivity index (χ0) is 3.58. The first-order chi connectivity index (χ1) is 1.73. The molecule has 0 heterocycles. The van der Waals surface area contributed by atoms with Crippen LogP contribution in [0, 0.1) is 15.3 Å². The Hall–Kier alpha value is -0.521. The van der Waals surface area contributed by atoms with Gasteiger partial charge in [-0.05, 0) is 0 Å². The molecule has 0 atom stereocenters. The Morgan fingerprint density at radius 1 is 0.727 bits per heavy atom. The van der Waals surface area contributed by atoms with Crippen LogP contribution in [0.5, 0.6) is 0 Å². The number of hydrogen-bond acceptors (Lipinski definition) is 3. The monoisotopic (exact) mass is 226 g/mol. The van der Waals surface area contributed by atoms with E-state index in [1.54, 1.807) is 0 Å². The van der Waals surface area contributed by atoms with Crippen molar-refractivity contribution in [3.8, 4) is 0 Å². The maximum absolute atomic E-state index is 8.25. The van der Waals surface area contributed by atoms with Crippen molar-refractivity contribution in [1.82, 2.24) is 0 Å². The first-order valence-corrected chi connectivity index (χ1v) is 0.548. The molecule has 80 valence electrons. The smallest absolute Gasteiger partial charge is 0.0689 e. The van der Waals surface area contributed by atoms with E-state index in [9.17, 15) is 0 Å². The largest absolute Gasteiger partial charge is 0.412 e. The van der Waals surface area contributed by atoms with Gasteiger partial charge < -0.3 is 48.2 Å². The minimum atomic E-state index is -1.75. The van der Waals surface area contributed by atoms with E-state index < -0.39 is 5.09 Å². The molecule has 0 radical (unpaired) electrons. The Balaban J connectivity index is -0.00000000214. The Bertz CT molecular complexity index is 32.5. The average Bonchev–Trinajstić information content (AvgIpc) is 0.811. The third-order valence-corrected chi connectivity index (χ3v) is 0. The van der Waals surface area contributed by atoms with Crippen LogP contribution in [0.3, 0.4) is 0 Å². The van der Waals surface area contributed by atoms with E-state index in [-0.39, 0.29) is 49.9 Å². The van der Waals surface area contributed by atoms with Crippen LogP contribution < -0.4 is 0 Å². The topological polar surface area (TPSA) is 255 Å². The maximum Gasteiger partial charge on any atom is 0.0689 e. The summed E-state index contributed by atoms with van der Waals surface area (Å²) in [6.45, 7) is 0. The van der Waals surface area contributed by atoms with Gasteiger partial charge in [0.05, 0.1) is 5.09 Å². The molecule has 0 aromatic carbocycles. The normalized spacial score (nSPS) is 2.18. The van der Waals surface area contributed by atoms with Crippen molar-refractivity contribution < 1.29 is 55.0 Å². The molecule has 0 fully saturated rings. The summed E-state index contributed by atoms with van der Waals surface area (Å²) in [4.78, 5) is 8.25. The van der Waals surface area contributed by atoms with Gasteiger partial charge in [-0.1, -0.05) is 0 Å². The van der Waals surface area contributed by atoms with Crippen LogP contribution in [-0.4, -0.2) is 37.9 Å². The third kappa shape index (κ3) is 1960. The van der Waals surface area contributed by atoms with Gasteiger partial charge in [-0.3, -0.25) is 0 Å². The molecule has 0 amide bonds. The summed E-state index contributed by atoms with van der Waals surface area (Å²) in [7, 11) is 0. The van der Waals surface area contributed by atoms with E-state index in [1.807, 2.05) is 0 Å². The van der Waals surface area contributed by atoms with Gasteiger partial charge in [0.25, 0.3) is 0 Å². The summed E-state index contributed by atoms with van der Waals surface area (Å²) in [5.74, 6) is 0. The summed E-state index contributed by atoms with van der Waals surface area (Å²) >= 11 is 0. The zero-order valence-electron chi connectivity index (χ0n) is 5.03. The molecule has 0 aliphatic heterocycles. The molecular formula is H12FeNO9-. The van der Waals surface area contributed by atoms with E-state index in [1.165, 1.54) is 0 Å². The molecule has 0 saturated carbocycles. The summed E-state index contributed by atoms with van der Waals surface area (Å²) in [6.07, 6.45) is 0. The fourth-order valence-electron chi connectivity index (χ4n) is 0. The van der Waals surface area contributed by atoms with Crippen LogP contribution in [0.15, 0.2) is 0 Å². The first-order valence-electron chi connectivity index (χ1n) is 0.548. The Morgan fingerprint density at radius 2 is 0.727 bits per heavy atom. The van der Waals surface area contributed by atoms with Gasteiger partial charge >= 0.3 is 0 Å². The average molecular weight is 226 g/mol. The standard InChI is InChI=1S/Fe.NO3.6H2O/c;2-1(3)4;;;;;;/h;;6*1H2/q;-1;;;;;;. The Labute approximate surface area is 71.3 Å². The molecule has 0 unspecified atom stereocenters. The predicted octanol–water partition coefficient (Wildman–Crippen LogP) is -5.19. The van der Waals surface area contributed by atoms with Gasteiger partial charge in [-0.2, -0.15) is 0 Å². The molecule has 0 aliphatic carbocycles. The second kappa shape index (κ2) is 111. The van der Waals surface area contributed by atoms with E-state index in [0.29, 0.717) is 0 Å². The van der Waals surface area contributed by atoms with Crippen LogP contribution in [0.4, 0.5) is 0 Å². The van der Waals surface area contributed by atoms with E-state index in [2.05, 4.69) is 0 Å². The molecule has 0 aliphatic rings. The molecule has 0 rings (SSSR count). The van der Waals surface area contributed by atoms with Crippen molar-refractivity contribution in [3.05, 3.63) is 15.3 Å². The van der Waals surface area contributed by atoms with Crippen molar-refractivity contribution in [3.63, 3.8) is 0 Å². The molecule has 0 saturated heterocycles. The molecule has 0 spiro atoms. The van der Waals surface area contributed by atoms with Crippen LogP contribution in [-0.2, 0) is 17.1 Å². The van der Waals surface area contributed by atoms with Gasteiger partial charge in [0.1, 0.15) is 0 Å². The number of rotatable bonds is 0. The molecule has 12 N–H and O–H groups in total. The predicted molar refractivity (Wildman–Crippen MR) is 32.0 cm³/mol. The van der Waals surface area contributed by atoms with Crippen LogP contribution in [0.1, 0.15) is 0 Å². The van der Waals surface area contributed by atoms with Crippen molar-refractivity contribution >= 4 is 0 Å². The maximum atomic E-state index is 8.25. The van der Waals surface area contributed by atoms with Crippen molar-refractivity contribution in [2.24, 2.45) is 0 Å². The van der Waals surface area contributed by atoms with Crippen molar-refractivity contribution in [2.45, 2.75) is 0 Å². The molecule has 10 nitrogen and oxygen atoms in total. The fourth-order valence-corrected chi connectivity index (χ4v) is 0. The zero-order valence-corrected chi connectivity index (χ0v) is 6.13. The molecule has 0 bridgehead atoms. The van der Waals surface area contributed by atoms with Gasteiger partial charge in [-0.25, -0.2) is 0 Å². The minimum Gasteiger partial charge on any atom is -0.412 e. The Morgan fingerprint density at radius 3 is 0.727 bits per heavy atom. The van der Waals surface area contributed by atoms with Gasteiger partial charge in [0.2, 0.25) is 0 Å².